The second-order valence-corrected chi connectivity index (χ2v) is 5.10. The van der Waals surface area contributed by atoms with Crippen LogP contribution in [-0.2, 0) is 14.3 Å². The Balaban J connectivity index is 1.96. The maximum atomic E-state index is 12.3. The van der Waals surface area contributed by atoms with E-state index in [9.17, 15) is 9.59 Å². The minimum atomic E-state index is -0.297. The molecule has 2 heterocycles. The Morgan fingerprint density at radius 2 is 2.06 bits per heavy atom. The lowest BCUT2D eigenvalue weighted by Crippen LogP contribution is -2.61. The average molecular weight is 254 g/mol. The summed E-state index contributed by atoms with van der Waals surface area (Å²) in [5, 5.41) is 0. The molecule has 5 heteroatoms. The van der Waals surface area contributed by atoms with E-state index >= 15 is 0 Å². The van der Waals surface area contributed by atoms with Crippen LogP contribution in [0.1, 0.15) is 32.6 Å². The van der Waals surface area contributed by atoms with E-state index in [0.29, 0.717) is 13.2 Å². The maximum absolute atomic E-state index is 12.3. The fraction of sp³-hybridized carbons (Fsp3) is 0.846. The third kappa shape index (κ3) is 2.36. The molecule has 0 spiro atoms. The zero-order valence-corrected chi connectivity index (χ0v) is 11.2. The van der Waals surface area contributed by atoms with Crippen molar-refractivity contribution in [2.45, 2.75) is 44.7 Å². The third-order valence-electron chi connectivity index (χ3n) is 3.93. The van der Waals surface area contributed by atoms with Crippen molar-refractivity contribution in [2.75, 3.05) is 26.8 Å². The quantitative estimate of drug-likeness (QED) is 0.676. The highest BCUT2D eigenvalue weighted by Crippen LogP contribution is 2.26. The molecule has 2 saturated heterocycles. The minimum absolute atomic E-state index is 0.115. The van der Waals surface area contributed by atoms with E-state index in [-0.39, 0.29) is 23.9 Å². The molecule has 0 bridgehead atoms. The van der Waals surface area contributed by atoms with Crippen molar-refractivity contribution in [3.8, 4) is 0 Å². The lowest BCUT2D eigenvalue weighted by molar-refractivity contribution is -0.158. The van der Waals surface area contributed by atoms with Crippen LogP contribution in [0.5, 0.6) is 0 Å². The lowest BCUT2D eigenvalue weighted by Gasteiger charge is -2.41. The van der Waals surface area contributed by atoms with Crippen LogP contribution in [0.2, 0.25) is 0 Å². The molecular formula is C13H22N2O3. The molecule has 0 aromatic rings. The molecule has 0 radical (unpaired) electrons. The molecule has 0 saturated carbocycles. The van der Waals surface area contributed by atoms with Gasteiger partial charge in [0, 0.05) is 26.8 Å². The number of methoxy groups -OCH3 is 1. The number of fused-ring (bicyclic) bond motifs is 1. The Morgan fingerprint density at radius 1 is 1.28 bits per heavy atom. The fourth-order valence-electron chi connectivity index (χ4n) is 2.88. The molecule has 2 fully saturated rings. The smallest absolute Gasteiger partial charge is 0.246 e. The van der Waals surface area contributed by atoms with E-state index in [2.05, 4.69) is 0 Å². The topological polar surface area (TPSA) is 49.9 Å². The number of carbonyl (C=O) groups is 2. The second-order valence-electron chi connectivity index (χ2n) is 5.10. The normalized spacial score (nSPS) is 27.9. The van der Waals surface area contributed by atoms with Crippen LogP contribution < -0.4 is 0 Å². The second kappa shape index (κ2) is 5.69. The molecule has 102 valence electrons. The summed E-state index contributed by atoms with van der Waals surface area (Å²) in [6.07, 6.45) is 3.59. The molecule has 2 aliphatic heterocycles. The van der Waals surface area contributed by atoms with Crippen LogP contribution >= 0.6 is 0 Å². The zero-order valence-electron chi connectivity index (χ0n) is 11.2. The van der Waals surface area contributed by atoms with Crippen LogP contribution in [0.25, 0.3) is 0 Å². The average Bonchev–Trinajstić information content (AvgIpc) is 2.85. The number of unbranched alkanes of at least 4 members (excludes halogenated alkanes) is 1. The summed E-state index contributed by atoms with van der Waals surface area (Å²) < 4.78 is 5.00. The Morgan fingerprint density at radius 3 is 2.78 bits per heavy atom. The van der Waals surface area contributed by atoms with E-state index in [1.165, 1.54) is 0 Å². The zero-order chi connectivity index (χ0) is 13.1. The number of ether oxygens (including phenoxy) is 1. The molecular weight excluding hydrogens is 232 g/mol. The van der Waals surface area contributed by atoms with Gasteiger partial charge in [0.05, 0.1) is 0 Å². The summed E-state index contributed by atoms with van der Waals surface area (Å²) in [5.41, 5.74) is 0. The summed E-state index contributed by atoms with van der Waals surface area (Å²) in [6.45, 7) is 3.96. The van der Waals surface area contributed by atoms with E-state index in [1.54, 1.807) is 16.9 Å². The Labute approximate surface area is 108 Å². The van der Waals surface area contributed by atoms with Gasteiger partial charge in [0.25, 0.3) is 0 Å². The minimum Gasteiger partial charge on any atom is -0.385 e. The number of piperazine rings is 1. The van der Waals surface area contributed by atoms with Gasteiger partial charge in [-0.25, -0.2) is 0 Å². The van der Waals surface area contributed by atoms with Crippen molar-refractivity contribution < 1.29 is 14.3 Å². The van der Waals surface area contributed by atoms with Crippen LogP contribution in [0.3, 0.4) is 0 Å². The highest BCUT2D eigenvalue weighted by molar-refractivity contribution is 5.97. The summed E-state index contributed by atoms with van der Waals surface area (Å²) >= 11 is 0. The highest BCUT2D eigenvalue weighted by Gasteiger charge is 2.45. The molecule has 18 heavy (non-hydrogen) atoms. The molecule has 0 aromatic heterocycles. The predicted molar refractivity (Wildman–Crippen MR) is 67.0 cm³/mol. The molecule has 2 atom stereocenters. The first kappa shape index (κ1) is 13.3. The maximum Gasteiger partial charge on any atom is 0.246 e. The van der Waals surface area contributed by atoms with E-state index in [4.69, 9.17) is 4.74 Å². The Kier molecular flexibility index (Phi) is 4.22. The number of hydrogen-bond donors (Lipinski definition) is 0. The number of nitrogens with zero attached hydrogens (tertiary/aromatic N) is 2. The van der Waals surface area contributed by atoms with Gasteiger partial charge in [0.1, 0.15) is 12.1 Å². The van der Waals surface area contributed by atoms with Gasteiger partial charge in [-0.2, -0.15) is 0 Å². The van der Waals surface area contributed by atoms with Gasteiger partial charge in [-0.3, -0.25) is 9.59 Å². The van der Waals surface area contributed by atoms with Crippen LogP contribution in [0.4, 0.5) is 0 Å². The van der Waals surface area contributed by atoms with Gasteiger partial charge >= 0.3 is 0 Å². The summed E-state index contributed by atoms with van der Waals surface area (Å²) in [4.78, 5) is 28.0. The van der Waals surface area contributed by atoms with E-state index in [1.807, 2.05) is 6.92 Å². The summed E-state index contributed by atoms with van der Waals surface area (Å²) in [7, 11) is 1.68. The van der Waals surface area contributed by atoms with Crippen molar-refractivity contribution in [3.05, 3.63) is 0 Å². The number of amides is 2. The van der Waals surface area contributed by atoms with Crippen LogP contribution in [0, 0.1) is 0 Å². The number of rotatable bonds is 5. The van der Waals surface area contributed by atoms with Crippen molar-refractivity contribution >= 4 is 11.8 Å². The molecule has 2 rings (SSSR count). The standard InChI is InChI=1S/C13H22N2O3/c1-10-12(16)15-8-5-6-11(15)13(17)14(10)7-3-4-9-18-2/h10-11H,3-9H2,1-2H3. The Hall–Kier alpha value is -1.10. The summed E-state index contributed by atoms with van der Waals surface area (Å²) in [6, 6.07) is -0.481. The highest BCUT2D eigenvalue weighted by atomic mass is 16.5. The summed E-state index contributed by atoms with van der Waals surface area (Å²) in [5.74, 6) is 0.251. The first-order valence-corrected chi connectivity index (χ1v) is 6.76. The fourth-order valence-corrected chi connectivity index (χ4v) is 2.88. The van der Waals surface area contributed by atoms with Gasteiger partial charge in [-0.15, -0.1) is 0 Å². The molecule has 5 nitrogen and oxygen atoms in total. The third-order valence-corrected chi connectivity index (χ3v) is 3.93. The van der Waals surface area contributed by atoms with Crippen LogP contribution in [-0.4, -0.2) is 60.5 Å². The lowest BCUT2D eigenvalue weighted by atomic mass is 10.1. The van der Waals surface area contributed by atoms with Gasteiger partial charge in [0.2, 0.25) is 11.8 Å². The van der Waals surface area contributed by atoms with Gasteiger partial charge < -0.3 is 14.5 Å². The molecule has 2 unspecified atom stereocenters. The molecule has 0 aromatic carbocycles. The molecule has 2 amide bonds. The Bertz CT molecular complexity index is 332. The van der Waals surface area contributed by atoms with Gasteiger partial charge in [-0.05, 0) is 32.6 Å². The molecule has 0 aliphatic carbocycles. The SMILES string of the molecule is COCCCCN1C(=O)C2CCCN2C(=O)C1C. The largest absolute Gasteiger partial charge is 0.385 e. The van der Waals surface area contributed by atoms with E-state index in [0.717, 1.165) is 32.2 Å². The number of carbonyl (C=O) groups excluding carboxylic acids is 2. The van der Waals surface area contributed by atoms with E-state index < -0.39 is 0 Å². The van der Waals surface area contributed by atoms with Gasteiger partial charge in [0.15, 0.2) is 0 Å². The number of hydrogen-bond acceptors (Lipinski definition) is 3. The van der Waals surface area contributed by atoms with Crippen LogP contribution in [0.15, 0.2) is 0 Å². The van der Waals surface area contributed by atoms with Crippen molar-refractivity contribution in [1.82, 2.24) is 9.80 Å². The van der Waals surface area contributed by atoms with Crippen molar-refractivity contribution in [3.63, 3.8) is 0 Å². The monoisotopic (exact) mass is 254 g/mol. The first-order chi connectivity index (χ1) is 8.66. The predicted octanol–water partition coefficient (Wildman–Crippen LogP) is 0.635. The van der Waals surface area contributed by atoms with Gasteiger partial charge in [-0.1, -0.05) is 0 Å². The van der Waals surface area contributed by atoms with Crippen molar-refractivity contribution in [2.24, 2.45) is 0 Å². The molecule has 0 N–H and O–H groups in total. The molecule has 2 aliphatic rings. The first-order valence-electron chi connectivity index (χ1n) is 6.76. The van der Waals surface area contributed by atoms with Crippen molar-refractivity contribution in [1.29, 1.82) is 0 Å².